The third-order valence-electron chi connectivity index (χ3n) is 10.2. The topological polar surface area (TPSA) is 35.6 Å². The first-order valence-electron chi connectivity index (χ1n) is 16.2. The molecule has 3 heterocycles. The molecule has 2 aromatic heterocycles. The summed E-state index contributed by atoms with van der Waals surface area (Å²) < 4.78 is 4.53. The Morgan fingerprint density at radius 2 is 0.745 bits per heavy atom. The molecule has 0 aliphatic carbocycles. The fraction of sp³-hybridized carbons (Fsp3) is 0.286. The summed E-state index contributed by atoms with van der Waals surface area (Å²) in [6, 6.07) is 41.9. The van der Waals surface area contributed by atoms with E-state index in [-0.39, 0.29) is 21.1 Å². The van der Waals surface area contributed by atoms with Gasteiger partial charge >= 0.3 is 21.1 Å². The molecule has 4 aromatic carbocycles. The Labute approximate surface area is 294 Å². The number of para-hydroxylation sites is 2. The van der Waals surface area contributed by atoms with Gasteiger partial charge < -0.3 is 9.13 Å². The summed E-state index contributed by atoms with van der Waals surface area (Å²) in [5, 5.41) is 0. The molecule has 4 nitrogen and oxygen atoms in total. The fourth-order valence-corrected chi connectivity index (χ4v) is 6.73. The molecule has 0 saturated carbocycles. The fourth-order valence-electron chi connectivity index (χ4n) is 6.73. The van der Waals surface area contributed by atoms with E-state index in [4.69, 9.17) is 9.97 Å². The Morgan fingerprint density at radius 3 is 1.09 bits per heavy atom. The molecule has 240 valence electrons. The monoisotopic (exact) mass is 797 g/mol. The second-order valence-corrected chi connectivity index (χ2v) is 14.8. The maximum atomic E-state index is 5.47. The maximum absolute atomic E-state index is 5.47. The van der Waals surface area contributed by atoms with Gasteiger partial charge in [0.15, 0.2) is 0 Å². The molecule has 0 spiro atoms. The zero-order valence-electron chi connectivity index (χ0n) is 28.5. The number of aromatic nitrogens is 4. The van der Waals surface area contributed by atoms with Gasteiger partial charge in [-0.2, -0.15) is 59.7 Å². The van der Waals surface area contributed by atoms with Crippen LogP contribution < -0.4 is 0 Å². The zero-order chi connectivity index (χ0) is 32.5. The van der Waals surface area contributed by atoms with E-state index in [9.17, 15) is 0 Å². The molecule has 0 amide bonds. The van der Waals surface area contributed by atoms with Crippen LogP contribution in [0.4, 0.5) is 0 Å². The molecular weight excluding hydrogens is 756 g/mol. The first-order chi connectivity index (χ1) is 21.8. The van der Waals surface area contributed by atoms with Gasteiger partial charge in [0.05, 0.1) is 11.4 Å². The van der Waals surface area contributed by atoms with E-state index in [2.05, 4.69) is 186 Å². The van der Waals surface area contributed by atoms with Crippen molar-refractivity contribution in [1.82, 2.24) is 19.1 Å². The number of rotatable bonds is 2. The molecule has 7 rings (SSSR count). The summed E-state index contributed by atoms with van der Waals surface area (Å²) >= 11 is 0. The third-order valence-corrected chi connectivity index (χ3v) is 10.2. The Morgan fingerprint density at radius 1 is 0.426 bits per heavy atom. The van der Waals surface area contributed by atoms with Gasteiger partial charge in [0.1, 0.15) is 11.6 Å². The van der Waals surface area contributed by atoms with Crippen LogP contribution in [0.15, 0.2) is 109 Å². The van der Waals surface area contributed by atoms with Crippen LogP contribution in [-0.4, -0.2) is 19.1 Å². The van der Waals surface area contributed by atoms with E-state index in [1.807, 2.05) is 0 Å². The van der Waals surface area contributed by atoms with Crippen LogP contribution in [0.25, 0.3) is 11.4 Å². The Kier molecular flexibility index (Phi) is 8.12. The van der Waals surface area contributed by atoms with Gasteiger partial charge in [-0.1, -0.05) is 91.8 Å². The van der Waals surface area contributed by atoms with Crippen molar-refractivity contribution >= 4 is 0 Å². The van der Waals surface area contributed by atoms with Gasteiger partial charge in [-0.15, -0.1) is 11.1 Å². The quantitative estimate of drug-likeness (QED) is 0.164. The van der Waals surface area contributed by atoms with E-state index in [0.29, 0.717) is 0 Å². The van der Waals surface area contributed by atoms with Gasteiger partial charge in [0, 0.05) is 45.4 Å². The standard InChI is InChI=1S/C42H42N4.Pt/c1-39(2)29-17-15-19-31(25-29)41(5,6)38-44-36(28-46(38)34-23-13-10-14-24-34)40(3,4)30-18-16-20-32(26-30)42(7,8)37-43-35(39)27-45(37)33-21-11-9-12-22-33;/h9-24,27-28H,1-8H3;/q-2;+2. The Hall–Kier alpha value is -4.01. The van der Waals surface area contributed by atoms with Gasteiger partial charge in [0.2, 0.25) is 0 Å². The number of hydrogen-bond acceptors (Lipinski definition) is 2. The van der Waals surface area contributed by atoms with E-state index in [1.165, 1.54) is 0 Å². The van der Waals surface area contributed by atoms with Gasteiger partial charge in [-0.05, 0) is 24.3 Å². The molecule has 5 heteroatoms. The second-order valence-electron chi connectivity index (χ2n) is 14.8. The van der Waals surface area contributed by atoms with E-state index < -0.39 is 21.7 Å². The molecule has 47 heavy (non-hydrogen) atoms. The molecule has 0 saturated heterocycles. The van der Waals surface area contributed by atoms with Gasteiger partial charge in [-0.3, -0.25) is 0 Å². The number of benzene rings is 4. The summed E-state index contributed by atoms with van der Waals surface area (Å²) in [5.41, 5.74) is 6.83. The van der Waals surface area contributed by atoms with Crippen LogP contribution >= 0.6 is 0 Å². The van der Waals surface area contributed by atoms with Crippen molar-refractivity contribution < 1.29 is 21.1 Å². The van der Waals surface area contributed by atoms with Crippen LogP contribution in [0.5, 0.6) is 0 Å². The van der Waals surface area contributed by atoms with Crippen molar-refractivity contribution in [3.8, 4) is 11.4 Å². The first kappa shape index (κ1) is 32.9. The molecule has 0 fully saturated rings. The minimum Gasteiger partial charge on any atom is -0.303 e. The van der Waals surface area contributed by atoms with Crippen LogP contribution in [0.3, 0.4) is 0 Å². The van der Waals surface area contributed by atoms with Crippen molar-refractivity contribution in [2.24, 2.45) is 0 Å². The third kappa shape index (κ3) is 5.35. The summed E-state index contributed by atoms with van der Waals surface area (Å²) in [5.74, 6) is 1.96. The van der Waals surface area contributed by atoms with Crippen molar-refractivity contribution in [3.05, 3.63) is 167 Å². The van der Waals surface area contributed by atoms with E-state index in [1.54, 1.807) is 0 Å². The van der Waals surface area contributed by atoms with Gasteiger partial charge in [-0.25, -0.2) is 9.97 Å². The minimum atomic E-state index is -0.449. The average Bonchev–Trinajstić information content (AvgIpc) is 3.73. The zero-order valence-corrected chi connectivity index (χ0v) is 30.8. The molecular formula is C42H42N4Pt. The number of nitrogens with zero attached hydrogens (tertiary/aromatic N) is 4. The van der Waals surface area contributed by atoms with Gasteiger partial charge in [0.25, 0.3) is 0 Å². The molecule has 1 aliphatic heterocycles. The smallest absolute Gasteiger partial charge is 0.303 e. The predicted molar refractivity (Wildman–Crippen MR) is 186 cm³/mol. The predicted octanol–water partition coefficient (Wildman–Crippen LogP) is 9.27. The molecule has 0 atom stereocenters. The van der Waals surface area contributed by atoms with E-state index in [0.717, 1.165) is 56.7 Å². The van der Waals surface area contributed by atoms with Crippen molar-refractivity contribution in [2.75, 3.05) is 0 Å². The Bertz CT molecular complexity index is 1900. The molecule has 0 N–H and O–H groups in total. The number of imidazole rings is 2. The summed E-state index contributed by atoms with van der Waals surface area (Å²) in [6.07, 6.45) is 4.44. The van der Waals surface area contributed by atoms with Crippen LogP contribution in [0.1, 0.15) is 101 Å². The normalized spacial score (nSPS) is 17.0. The molecule has 6 aromatic rings. The molecule has 0 radical (unpaired) electrons. The minimum absolute atomic E-state index is 0. The molecule has 8 bridgehead atoms. The second kappa shape index (κ2) is 11.6. The summed E-state index contributed by atoms with van der Waals surface area (Å²) in [4.78, 5) is 10.9. The van der Waals surface area contributed by atoms with Crippen molar-refractivity contribution in [1.29, 1.82) is 0 Å². The molecule has 1 aliphatic rings. The summed E-state index contributed by atoms with van der Waals surface area (Å²) in [6.45, 7) is 18.1. The summed E-state index contributed by atoms with van der Waals surface area (Å²) in [7, 11) is 0. The maximum Gasteiger partial charge on any atom is 2.00 e. The number of fused-ring (bicyclic) bond motifs is 8. The Balaban J connectivity index is 0.00000386. The SMILES string of the molecule is CC1(C)c2[c-]c(ccc2)C(C)(C)c2nc(cn2-c2ccccc2)C(C)(C)c2[c-]c(ccc2)C(C)(C)c2nc1cn2-c1ccccc1.[Pt+2]. The van der Waals surface area contributed by atoms with Crippen molar-refractivity contribution in [3.63, 3.8) is 0 Å². The average molecular weight is 798 g/mol. The molecule has 0 unspecified atom stereocenters. The van der Waals surface area contributed by atoms with Crippen LogP contribution in [0.2, 0.25) is 0 Å². The van der Waals surface area contributed by atoms with Crippen LogP contribution in [-0.2, 0) is 42.7 Å². The largest absolute Gasteiger partial charge is 2.00 e. The van der Waals surface area contributed by atoms with E-state index >= 15 is 0 Å². The van der Waals surface area contributed by atoms with Crippen molar-refractivity contribution in [2.45, 2.75) is 77.0 Å². The first-order valence-corrected chi connectivity index (χ1v) is 16.2. The number of hydrogen-bond donors (Lipinski definition) is 0. The van der Waals surface area contributed by atoms with Crippen LogP contribution in [0, 0.1) is 12.1 Å².